The Labute approximate surface area is 181 Å². The lowest BCUT2D eigenvalue weighted by atomic mass is 10.0. The Kier molecular flexibility index (Phi) is 6.30. The first kappa shape index (κ1) is 21.0. The van der Waals surface area contributed by atoms with E-state index in [4.69, 9.17) is 9.47 Å². The van der Waals surface area contributed by atoms with Gasteiger partial charge in [0.2, 0.25) is 0 Å². The Morgan fingerprint density at radius 2 is 1.90 bits per heavy atom. The first-order valence-electron chi connectivity index (χ1n) is 10.3. The Hall–Kier alpha value is -3.22. The highest BCUT2D eigenvalue weighted by Gasteiger charge is 2.28. The van der Waals surface area contributed by atoms with Gasteiger partial charge in [-0.15, -0.1) is 0 Å². The zero-order chi connectivity index (χ0) is 21.8. The number of rotatable bonds is 6. The third-order valence-corrected chi connectivity index (χ3v) is 5.27. The van der Waals surface area contributed by atoms with Crippen molar-refractivity contribution in [1.29, 1.82) is 0 Å². The highest BCUT2D eigenvalue weighted by atomic mass is 16.6. The summed E-state index contributed by atoms with van der Waals surface area (Å²) in [6, 6.07) is 17.4. The van der Waals surface area contributed by atoms with Crippen LogP contribution in [-0.2, 0) is 11.3 Å². The number of hydrogen-bond donors (Lipinski definition) is 2. The molecule has 6 nitrogen and oxygen atoms in total. The third kappa shape index (κ3) is 5.29. The van der Waals surface area contributed by atoms with Crippen LogP contribution in [0.5, 0.6) is 5.75 Å². The summed E-state index contributed by atoms with van der Waals surface area (Å²) in [5.41, 5.74) is 5.36. The van der Waals surface area contributed by atoms with Crippen LogP contribution in [0.15, 0.2) is 60.8 Å². The van der Waals surface area contributed by atoms with Gasteiger partial charge in [0, 0.05) is 24.0 Å². The molecule has 0 saturated carbocycles. The number of aliphatic hydroxyl groups is 1. The lowest BCUT2D eigenvalue weighted by Gasteiger charge is -2.17. The van der Waals surface area contributed by atoms with Crippen LogP contribution in [-0.4, -0.2) is 41.4 Å². The molecule has 6 heteroatoms. The number of amides is 1. The fraction of sp³-hybridized carbons (Fsp3) is 0.280. The monoisotopic (exact) mass is 418 g/mol. The maximum atomic E-state index is 12.9. The van der Waals surface area contributed by atoms with E-state index < -0.39 is 12.2 Å². The molecule has 2 unspecified atom stereocenters. The van der Waals surface area contributed by atoms with Gasteiger partial charge in [-0.3, -0.25) is 9.78 Å². The number of nitrogens with zero attached hydrogens (tertiary/aromatic N) is 1. The van der Waals surface area contributed by atoms with Gasteiger partial charge in [-0.25, -0.2) is 0 Å². The standard InChI is InChI=1S/C25H26N2O4/c1-16-3-7-19(8-4-16)20-9-21(11-22(10-20)31-24-15-30-14-23(24)28)25(29)27-13-18-6-5-17(2)26-12-18/h3-12,23-24,28H,13-15H2,1-2H3,(H,27,29). The molecule has 0 spiro atoms. The van der Waals surface area contributed by atoms with Crippen molar-refractivity contribution in [3.05, 3.63) is 83.2 Å². The number of nitrogens with one attached hydrogen (secondary N) is 1. The summed E-state index contributed by atoms with van der Waals surface area (Å²) in [6.07, 6.45) is 0.617. The summed E-state index contributed by atoms with van der Waals surface area (Å²) in [6.45, 7) is 4.90. The zero-order valence-corrected chi connectivity index (χ0v) is 17.7. The van der Waals surface area contributed by atoms with Crippen LogP contribution < -0.4 is 10.1 Å². The minimum atomic E-state index is -0.686. The van der Waals surface area contributed by atoms with Gasteiger partial charge in [-0.05, 0) is 54.8 Å². The van der Waals surface area contributed by atoms with Crippen molar-refractivity contribution in [2.45, 2.75) is 32.6 Å². The number of aryl methyl sites for hydroxylation is 2. The molecule has 2 aromatic carbocycles. The van der Waals surface area contributed by atoms with Crippen LogP contribution in [0.1, 0.15) is 27.2 Å². The fourth-order valence-electron chi connectivity index (χ4n) is 3.41. The van der Waals surface area contributed by atoms with E-state index in [2.05, 4.69) is 10.3 Å². The predicted molar refractivity (Wildman–Crippen MR) is 118 cm³/mol. The summed E-state index contributed by atoms with van der Waals surface area (Å²) < 4.78 is 11.3. The van der Waals surface area contributed by atoms with Crippen molar-refractivity contribution in [3.63, 3.8) is 0 Å². The summed E-state index contributed by atoms with van der Waals surface area (Å²) >= 11 is 0. The zero-order valence-electron chi connectivity index (χ0n) is 17.7. The second-order valence-electron chi connectivity index (χ2n) is 7.86. The SMILES string of the molecule is Cc1ccc(-c2cc(OC3COCC3O)cc(C(=O)NCc3ccc(C)nc3)c2)cc1. The van der Waals surface area contributed by atoms with Crippen LogP contribution in [0.2, 0.25) is 0 Å². The molecule has 1 fully saturated rings. The van der Waals surface area contributed by atoms with Crippen LogP contribution in [0, 0.1) is 13.8 Å². The number of carbonyl (C=O) groups excluding carboxylic acids is 1. The molecule has 0 bridgehead atoms. The number of benzene rings is 2. The van der Waals surface area contributed by atoms with Crippen LogP contribution in [0.25, 0.3) is 11.1 Å². The van der Waals surface area contributed by atoms with Gasteiger partial charge in [0.1, 0.15) is 18.0 Å². The normalized spacial score (nSPS) is 18.0. The van der Waals surface area contributed by atoms with Crippen LogP contribution in [0.3, 0.4) is 0 Å². The molecule has 31 heavy (non-hydrogen) atoms. The van der Waals surface area contributed by atoms with E-state index in [0.717, 1.165) is 27.9 Å². The number of carbonyl (C=O) groups is 1. The lowest BCUT2D eigenvalue weighted by molar-refractivity contribution is 0.0732. The highest BCUT2D eigenvalue weighted by molar-refractivity contribution is 5.96. The molecular formula is C25H26N2O4. The van der Waals surface area contributed by atoms with Crippen molar-refractivity contribution < 1.29 is 19.4 Å². The molecule has 1 aliphatic rings. The van der Waals surface area contributed by atoms with Gasteiger partial charge in [0.05, 0.1) is 13.2 Å². The number of hydrogen-bond acceptors (Lipinski definition) is 5. The maximum absolute atomic E-state index is 12.9. The molecule has 0 aliphatic carbocycles. The maximum Gasteiger partial charge on any atom is 0.251 e. The molecule has 3 aromatic rings. The minimum Gasteiger partial charge on any atom is -0.485 e. The van der Waals surface area contributed by atoms with Crippen LogP contribution >= 0.6 is 0 Å². The third-order valence-electron chi connectivity index (χ3n) is 5.27. The lowest BCUT2D eigenvalue weighted by Crippen LogP contribution is -2.30. The number of aliphatic hydroxyl groups excluding tert-OH is 1. The van der Waals surface area contributed by atoms with Crippen LogP contribution in [0.4, 0.5) is 0 Å². The van der Waals surface area contributed by atoms with E-state index >= 15 is 0 Å². The molecule has 160 valence electrons. The quantitative estimate of drug-likeness (QED) is 0.641. The molecule has 1 amide bonds. The summed E-state index contributed by atoms with van der Waals surface area (Å²) in [7, 11) is 0. The Morgan fingerprint density at radius 1 is 1.10 bits per heavy atom. The topological polar surface area (TPSA) is 80.7 Å². The van der Waals surface area contributed by atoms with E-state index in [1.807, 2.05) is 62.4 Å². The average molecular weight is 418 g/mol. The molecule has 1 aliphatic heterocycles. The summed E-state index contributed by atoms with van der Waals surface area (Å²) in [4.78, 5) is 17.2. The summed E-state index contributed by atoms with van der Waals surface area (Å²) in [5.74, 6) is 0.317. The van der Waals surface area contributed by atoms with Crippen molar-refractivity contribution in [2.24, 2.45) is 0 Å². The number of aromatic nitrogens is 1. The van der Waals surface area contributed by atoms with Gasteiger partial charge < -0.3 is 19.9 Å². The van der Waals surface area contributed by atoms with E-state index in [9.17, 15) is 9.90 Å². The fourth-order valence-corrected chi connectivity index (χ4v) is 3.41. The molecule has 2 N–H and O–H groups in total. The first-order chi connectivity index (χ1) is 15.0. The molecule has 4 rings (SSSR count). The largest absolute Gasteiger partial charge is 0.485 e. The molecule has 1 saturated heterocycles. The van der Waals surface area contributed by atoms with Crippen molar-refractivity contribution in [3.8, 4) is 16.9 Å². The van der Waals surface area contributed by atoms with Gasteiger partial charge in [0.25, 0.3) is 5.91 Å². The van der Waals surface area contributed by atoms with Crippen molar-refractivity contribution in [2.75, 3.05) is 13.2 Å². The second-order valence-corrected chi connectivity index (χ2v) is 7.86. The highest BCUT2D eigenvalue weighted by Crippen LogP contribution is 2.28. The van der Waals surface area contributed by atoms with Gasteiger partial charge in [-0.2, -0.15) is 0 Å². The van der Waals surface area contributed by atoms with E-state index in [-0.39, 0.29) is 12.5 Å². The Morgan fingerprint density at radius 3 is 2.58 bits per heavy atom. The molecule has 0 radical (unpaired) electrons. The van der Waals surface area contributed by atoms with Gasteiger partial charge in [0.15, 0.2) is 0 Å². The number of ether oxygens (including phenoxy) is 2. The van der Waals surface area contributed by atoms with E-state index in [0.29, 0.717) is 24.5 Å². The molecule has 2 atom stereocenters. The number of pyridine rings is 1. The van der Waals surface area contributed by atoms with Gasteiger partial charge in [-0.1, -0.05) is 35.9 Å². The Balaban J connectivity index is 1.59. The predicted octanol–water partition coefficient (Wildman–Crippen LogP) is 3.43. The minimum absolute atomic E-state index is 0.206. The average Bonchev–Trinajstić information content (AvgIpc) is 3.17. The van der Waals surface area contributed by atoms with E-state index in [1.165, 1.54) is 0 Å². The summed E-state index contributed by atoms with van der Waals surface area (Å²) in [5, 5.41) is 13.0. The van der Waals surface area contributed by atoms with Gasteiger partial charge >= 0.3 is 0 Å². The molecule has 1 aromatic heterocycles. The smallest absolute Gasteiger partial charge is 0.251 e. The molecular weight excluding hydrogens is 392 g/mol. The van der Waals surface area contributed by atoms with E-state index in [1.54, 1.807) is 12.3 Å². The second kappa shape index (κ2) is 9.29. The first-order valence-corrected chi connectivity index (χ1v) is 10.3. The Bertz CT molecular complexity index is 1050. The van der Waals surface area contributed by atoms with Crippen molar-refractivity contribution >= 4 is 5.91 Å². The molecule has 2 heterocycles. The van der Waals surface area contributed by atoms with Crippen molar-refractivity contribution in [1.82, 2.24) is 10.3 Å².